The number of carboxylic acid groups (broad SMARTS) is 1. The Hall–Kier alpha value is -0.610. The number of hydrogen-bond acceptors (Lipinski definition) is 3. The van der Waals surface area contributed by atoms with Crippen molar-refractivity contribution in [3.05, 3.63) is 0 Å². The van der Waals surface area contributed by atoms with Gasteiger partial charge in [0.05, 0.1) is 6.61 Å². The van der Waals surface area contributed by atoms with Crippen LogP contribution in [0.15, 0.2) is 0 Å². The second kappa shape index (κ2) is 7.41. The van der Waals surface area contributed by atoms with Gasteiger partial charge in [-0.2, -0.15) is 0 Å². The van der Waals surface area contributed by atoms with Gasteiger partial charge >= 0.3 is 5.97 Å². The first-order valence-corrected chi connectivity index (χ1v) is 8.11. The Kier molecular flexibility index (Phi) is 5.85. The van der Waals surface area contributed by atoms with Gasteiger partial charge in [0.2, 0.25) is 0 Å². The van der Waals surface area contributed by atoms with E-state index in [2.05, 4.69) is 18.7 Å². The Morgan fingerprint density at radius 3 is 2.45 bits per heavy atom. The van der Waals surface area contributed by atoms with Crippen molar-refractivity contribution in [2.75, 3.05) is 19.8 Å². The zero-order valence-corrected chi connectivity index (χ0v) is 12.9. The van der Waals surface area contributed by atoms with E-state index >= 15 is 0 Å². The Bertz CT molecular complexity index is 305. The molecule has 4 nitrogen and oxygen atoms in total. The minimum absolute atomic E-state index is 0.353. The summed E-state index contributed by atoms with van der Waals surface area (Å²) in [6, 6.07) is 1.21. The molecule has 2 bridgehead atoms. The van der Waals surface area contributed by atoms with Crippen LogP contribution >= 0.6 is 0 Å². The molecule has 2 saturated heterocycles. The highest BCUT2D eigenvalue weighted by Crippen LogP contribution is 2.39. The molecule has 2 atom stereocenters. The summed E-state index contributed by atoms with van der Waals surface area (Å²) in [6.07, 6.45) is 6.10. The molecule has 0 saturated carbocycles. The van der Waals surface area contributed by atoms with Crippen molar-refractivity contribution in [2.45, 2.75) is 64.5 Å². The Balaban J connectivity index is 1.68. The molecule has 1 N–H and O–H groups in total. The molecule has 0 radical (unpaired) electrons. The van der Waals surface area contributed by atoms with Crippen LogP contribution in [-0.2, 0) is 9.53 Å². The fourth-order valence-corrected chi connectivity index (χ4v) is 3.76. The van der Waals surface area contributed by atoms with Crippen molar-refractivity contribution in [1.29, 1.82) is 0 Å². The summed E-state index contributed by atoms with van der Waals surface area (Å²) in [5.74, 6) is 0.459. The molecular formula is C16H29NO3. The van der Waals surface area contributed by atoms with Gasteiger partial charge in [-0.1, -0.05) is 13.8 Å². The third-order valence-electron chi connectivity index (χ3n) is 4.78. The predicted molar refractivity (Wildman–Crippen MR) is 78.8 cm³/mol. The predicted octanol–water partition coefficient (Wildman–Crippen LogP) is 2.77. The second-order valence-corrected chi connectivity index (χ2v) is 6.85. The Morgan fingerprint density at radius 2 is 1.90 bits per heavy atom. The summed E-state index contributed by atoms with van der Waals surface area (Å²) in [6.45, 7) is 7.15. The van der Waals surface area contributed by atoms with Crippen molar-refractivity contribution >= 4 is 5.97 Å². The van der Waals surface area contributed by atoms with E-state index in [0.29, 0.717) is 30.3 Å². The molecule has 0 aliphatic carbocycles. The van der Waals surface area contributed by atoms with Crippen molar-refractivity contribution in [2.24, 2.45) is 11.8 Å². The van der Waals surface area contributed by atoms with Gasteiger partial charge in [-0.25, -0.2) is 0 Å². The van der Waals surface area contributed by atoms with Crippen molar-refractivity contribution in [3.63, 3.8) is 0 Å². The smallest absolute Gasteiger partial charge is 0.303 e. The Morgan fingerprint density at radius 1 is 1.25 bits per heavy atom. The molecule has 0 spiro atoms. The molecule has 0 aromatic carbocycles. The van der Waals surface area contributed by atoms with Crippen LogP contribution in [0.5, 0.6) is 0 Å². The number of ether oxygens (including phenoxy) is 1. The van der Waals surface area contributed by atoms with Crippen LogP contribution < -0.4 is 0 Å². The molecule has 2 unspecified atom stereocenters. The molecule has 2 fully saturated rings. The van der Waals surface area contributed by atoms with E-state index in [1.165, 1.54) is 12.8 Å². The normalized spacial score (nSPS) is 30.1. The lowest BCUT2D eigenvalue weighted by atomic mass is 9.88. The lowest BCUT2D eigenvalue weighted by molar-refractivity contribution is -0.138. The third kappa shape index (κ3) is 4.45. The topological polar surface area (TPSA) is 49.8 Å². The summed E-state index contributed by atoms with van der Waals surface area (Å²) in [5, 5.41) is 8.94. The van der Waals surface area contributed by atoms with E-state index in [0.717, 1.165) is 39.0 Å². The van der Waals surface area contributed by atoms with Crippen LogP contribution in [0.3, 0.4) is 0 Å². The van der Waals surface area contributed by atoms with Gasteiger partial charge in [0.15, 0.2) is 0 Å². The fourth-order valence-electron chi connectivity index (χ4n) is 3.76. The van der Waals surface area contributed by atoms with Gasteiger partial charge in [-0.3, -0.25) is 9.69 Å². The maximum atomic E-state index is 10.8. The zero-order chi connectivity index (χ0) is 14.5. The van der Waals surface area contributed by atoms with E-state index in [4.69, 9.17) is 9.84 Å². The van der Waals surface area contributed by atoms with Crippen LogP contribution in [0.1, 0.15) is 52.4 Å². The van der Waals surface area contributed by atoms with Gasteiger partial charge < -0.3 is 9.84 Å². The molecule has 116 valence electrons. The quantitative estimate of drug-likeness (QED) is 0.696. The van der Waals surface area contributed by atoms with Crippen LogP contribution in [0.25, 0.3) is 0 Å². The highest BCUT2D eigenvalue weighted by molar-refractivity contribution is 5.67. The van der Waals surface area contributed by atoms with Crippen molar-refractivity contribution in [1.82, 2.24) is 4.90 Å². The van der Waals surface area contributed by atoms with E-state index in [9.17, 15) is 4.79 Å². The number of aliphatic carboxylic acids is 1. The molecule has 0 aromatic heterocycles. The van der Waals surface area contributed by atoms with E-state index in [1.54, 1.807) is 0 Å². The van der Waals surface area contributed by atoms with Crippen LogP contribution in [0.2, 0.25) is 0 Å². The van der Waals surface area contributed by atoms with E-state index in [1.807, 2.05) is 0 Å². The molecule has 2 aliphatic heterocycles. The lowest BCUT2D eigenvalue weighted by Crippen LogP contribution is -2.44. The molecule has 20 heavy (non-hydrogen) atoms. The molecular weight excluding hydrogens is 254 g/mol. The molecule has 0 amide bonds. The summed E-state index contributed by atoms with van der Waals surface area (Å²) in [4.78, 5) is 13.4. The van der Waals surface area contributed by atoms with Crippen LogP contribution in [-0.4, -0.2) is 47.8 Å². The summed E-state index contributed by atoms with van der Waals surface area (Å²) < 4.78 is 5.73. The first kappa shape index (κ1) is 15.8. The van der Waals surface area contributed by atoms with Crippen LogP contribution in [0, 0.1) is 11.8 Å². The Labute approximate surface area is 122 Å². The van der Waals surface area contributed by atoms with Gasteiger partial charge in [0.25, 0.3) is 0 Å². The summed E-state index contributed by atoms with van der Waals surface area (Å²) in [7, 11) is 0. The van der Waals surface area contributed by atoms with Gasteiger partial charge in [-0.05, 0) is 43.9 Å². The number of hydrogen-bond donors (Lipinski definition) is 1. The average Bonchev–Trinajstić information content (AvgIpc) is 2.59. The van der Waals surface area contributed by atoms with E-state index in [-0.39, 0.29) is 0 Å². The molecule has 4 heteroatoms. The number of piperidine rings is 1. The number of rotatable bonds is 8. The standard InChI is InChI=1S/C16H29NO3/c1-12(2)5-7-20-8-6-17-14-3-4-15(17)10-13(9-14)11-16(18)19/h12-15H,3-11H2,1-2H3,(H,18,19). The first-order valence-electron chi connectivity index (χ1n) is 8.11. The third-order valence-corrected chi connectivity index (χ3v) is 4.78. The molecule has 2 heterocycles. The van der Waals surface area contributed by atoms with E-state index < -0.39 is 5.97 Å². The fraction of sp³-hybridized carbons (Fsp3) is 0.938. The average molecular weight is 283 g/mol. The number of nitrogens with zero attached hydrogens (tertiary/aromatic N) is 1. The maximum absolute atomic E-state index is 10.8. The second-order valence-electron chi connectivity index (χ2n) is 6.85. The number of carbonyl (C=O) groups is 1. The zero-order valence-electron chi connectivity index (χ0n) is 12.9. The highest BCUT2D eigenvalue weighted by atomic mass is 16.5. The number of carboxylic acids is 1. The van der Waals surface area contributed by atoms with Crippen molar-refractivity contribution < 1.29 is 14.6 Å². The monoisotopic (exact) mass is 283 g/mol. The van der Waals surface area contributed by atoms with Crippen LogP contribution in [0.4, 0.5) is 0 Å². The molecule has 2 rings (SSSR count). The molecule has 2 aliphatic rings. The van der Waals surface area contributed by atoms with Gasteiger partial charge in [0.1, 0.15) is 0 Å². The molecule has 0 aromatic rings. The number of fused-ring (bicyclic) bond motifs is 2. The van der Waals surface area contributed by atoms with Crippen molar-refractivity contribution in [3.8, 4) is 0 Å². The summed E-state index contributed by atoms with van der Waals surface area (Å²) in [5.41, 5.74) is 0. The highest BCUT2D eigenvalue weighted by Gasteiger charge is 2.40. The SMILES string of the molecule is CC(C)CCOCCN1C2CCC1CC(CC(=O)O)C2. The minimum atomic E-state index is -0.639. The first-order chi connectivity index (χ1) is 9.56. The maximum Gasteiger partial charge on any atom is 0.303 e. The van der Waals surface area contributed by atoms with Gasteiger partial charge in [-0.15, -0.1) is 0 Å². The lowest BCUT2D eigenvalue weighted by Gasteiger charge is -2.38. The minimum Gasteiger partial charge on any atom is -0.481 e. The van der Waals surface area contributed by atoms with Gasteiger partial charge in [0, 0.05) is 31.7 Å². The largest absolute Gasteiger partial charge is 0.481 e. The summed E-state index contributed by atoms with van der Waals surface area (Å²) >= 11 is 0.